The van der Waals surface area contributed by atoms with Crippen LogP contribution in [-0.4, -0.2) is 43.9 Å². The van der Waals surface area contributed by atoms with Gasteiger partial charge in [-0.05, 0) is 74.5 Å². The van der Waals surface area contributed by atoms with Crippen LogP contribution in [0.4, 0.5) is 17.6 Å². The topological polar surface area (TPSA) is 92.7 Å². The zero-order chi connectivity index (χ0) is 24.7. The van der Waals surface area contributed by atoms with Crippen LogP contribution in [0.2, 0.25) is 0 Å². The van der Waals surface area contributed by atoms with Crippen molar-refractivity contribution < 1.29 is 40.6 Å². The molecule has 1 saturated carbocycles. The normalized spacial score (nSPS) is 18.5. The Balaban J connectivity index is 1.70. The fourth-order valence-corrected chi connectivity index (χ4v) is 6.24. The molecule has 2 N–H and O–H groups in total. The second kappa shape index (κ2) is 8.84. The number of rotatable bonds is 7. The van der Waals surface area contributed by atoms with Crippen LogP contribution in [0.5, 0.6) is 5.75 Å². The molecule has 6 nitrogen and oxygen atoms in total. The highest BCUT2D eigenvalue weighted by atomic mass is 32.2. The van der Waals surface area contributed by atoms with Gasteiger partial charge < -0.3 is 15.2 Å². The lowest BCUT2D eigenvalue weighted by molar-refractivity contribution is -0.137. The van der Waals surface area contributed by atoms with E-state index >= 15 is 0 Å². The monoisotopic (exact) mass is 501 g/mol. The maximum atomic E-state index is 14.4. The van der Waals surface area contributed by atoms with E-state index in [9.17, 15) is 35.9 Å². The quantitative estimate of drug-likeness (QED) is 0.547. The molecule has 0 bridgehead atoms. The van der Waals surface area contributed by atoms with Crippen LogP contribution < -0.4 is 10.1 Å². The average Bonchev–Trinajstić information content (AvgIpc) is 3.63. The number of halogens is 4. The zero-order valence-electron chi connectivity index (χ0n) is 18.0. The summed E-state index contributed by atoms with van der Waals surface area (Å²) in [5.41, 5.74) is -1.08. The van der Waals surface area contributed by atoms with Gasteiger partial charge in [-0.1, -0.05) is 6.07 Å². The minimum Gasteiger partial charge on any atom is -0.492 e. The summed E-state index contributed by atoms with van der Waals surface area (Å²) in [6.45, 7) is 0.214. The van der Waals surface area contributed by atoms with E-state index in [0.29, 0.717) is 24.7 Å². The third-order valence-corrected chi connectivity index (χ3v) is 8.94. The van der Waals surface area contributed by atoms with Crippen LogP contribution in [0.1, 0.15) is 53.1 Å². The van der Waals surface area contributed by atoms with Crippen LogP contribution in [0.3, 0.4) is 0 Å². The number of carbonyl (C=O) groups is 1. The minimum atomic E-state index is -4.70. The molecule has 1 aliphatic heterocycles. The van der Waals surface area contributed by atoms with Gasteiger partial charge in [0.05, 0.1) is 16.0 Å². The molecule has 0 atom stereocenters. The third-order valence-electron chi connectivity index (χ3n) is 6.39. The minimum absolute atomic E-state index is 0.0160. The van der Waals surface area contributed by atoms with Crippen molar-refractivity contribution in [3.8, 4) is 5.75 Å². The van der Waals surface area contributed by atoms with Crippen molar-refractivity contribution in [2.24, 2.45) is 0 Å². The van der Waals surface area contributed by atoms with Crippen LogP contribution in [0, 0.1) is 5.82 Å². The molecule has 2 aliphatic rings. The first-order valence-corrected chi connectivity index (χ1v) is 12.3. The van der Waals surface area contributed by atoms with Crippen molar-refractivity contribution in [3.05, 3.63) is 58.9 Å². The van der Waals surface area contributed by atoms with Gasteiger partial charge in [0.2, 0.25) is 0 Å². The molecule has 1 heterocycles. The molecular weight excluding hydrogens is 478 g/mol. The number of aromatic carboxylic acids is 1. The summed E-state index contributed by atoms with van der Waals surface area (Å²) in [5.74, 6) is -2.39. The number of carboxylic acid groups (broad SMARTS) is 1. The smallest absolute Gasteiger partial charge is 0.416 e. The maximum Gasteiger partial charge on any atom is 0.416 e. The van der Waals surface area contributed by atoms with Gasteiger partial charge in [0.15, 0.2) is 9.84 Å². The number of piperidine rings is 1. The van der Waals surface area contributed by atoms with Gasteiger partial charge in [0.25, 0.3) is 0 Å². The van der Waals surface area contributed by atoms with Crippen molar-refractivity contribution >= 4 is 15.8 Å². The highest BCUT2D eigenvalue weighted by Gasteiger charge is 2.47. The largest absolute Gasteiger partial charge is 0.492 e. The van der Waals surface area contributed by atoms with Crippen molar-refractivity contribution in [1.82, 2.24) is 5.32 Å². The van der Waals surface area contributed by atoms with Crippen LogP contribution >= 0.6 is 0 Å². The van der Waals surface area contributed by atoms with E-state index in [-0.39, 0.29) is 24.5 Å². The number of hydrogen-bond acceptors (Lipinski definition) is 5. The summed E-state index contributed by atoms with van der Waals surface area (Å²) in [5, 5.41) is 12.3. The summed E-state index contributed by atoms with van der Waals surface area (Å²) in [4.78, 5) is 10.9. The molecule has 2 fully saturated rings. The van der Waals surface area contributed by atoms with Crippen molar-refractivity contribution in [2.75, 3.05) is 19.7 Å². The van der Waals surface area contributed by atoms with E-state index in [0.717, 1.165) is 37.1 Å². The SMILES string of the molecule is O=C(O)c1cc(C2CC2)c(OCC2(S(=O)(=O)c3cccc(C(F)(F)F)c3)CCNCC2)cc1F. The Morgan fingerprint density at radius 1 is 1.15 bits per heavy atom. The Hall–Kier alpha value is -2.66. The van der Waals surface area contributed by atoms with E-state index < -0.39 is 55.2 Å². The fourth-order valence-electron chi connectivity index (χ4n) is 4.25. The molecule has 4 rings (SSSR count). The maximum absolute atomic E-state index is 14.4. The molecule has 1 aliphatic carbocycles. The van der Waals surface area contributed by atoms with Gasteiger partial charge in [0.1, 0.15) is 22.9 Å². The molecule has 0 radical (unpaired) electrons. The standard InChI is InChI=1S/C23H23F4NO5S/c24-19-12-20(17(14-4-5-14)11-18(19)21(29)30)33-13-22(6-8-28-9-7-22)34(31,32)16-3-1-2-15(10-16)23(25,26)27/h1-3,10-12,14,28H,4-9,13H2,(H,29,30). The summed E-state index contributed by atoms with van der Waals surface area (Å²) < 4.78 is 85.6. The Bertz CT molecular complexity index is 1200. The summed E-state index contributed by atoms with van der Waals surface area (Å²) in [6, 6.07) is 5.76. The first-order valence-electron chi connectivity index (χ1n) is 10.8. The number of sulfone groups is 1. The highest BCUT2D eigenvalue weighted by molar-refractivity contribution is 7.92. The van der Waals surface area contributed by atoms with Crippen LogP contribution in [0.25, 0.3) is 0 Å². The Labute approximate surface area is 193 Å². The molecule has 0 unspecified atom stereocenters. The molecule has 11 heteroatoms. The van der Waals surface area contributed by atoms with E-state index in [1.165, 1.54) is 6.07 Å². The predicted octanol–water partition coefficient (Wildman–Crippen LogP) is 4.40. The average molecular weight is 501 g/mol. The Kier molecular flexibility index (Phi) is 6.36. The Morgan fingerprint density at radius 2 is 1.82 bits per heavy atom. The number of nitrogens with one attached hydrogen (secondary N) is 1. The number of alkyl halides is 3. The lowest BCUT2D eigenvalue weighted by Crippen LogP contribution is -2.51. The van der Waals surface area contributed by atoms with Gasteiger partial charge in [-0.15, -0.1) is 0 Å². The summed E-state index contributed by atoms with van der Waals surface area (Å²) in [6.07, 6.45) is -3.01. The van der Waals surface area contributed by atoms with E-state index in [4.69, 9.17) is 4.74 Å². The molecule has 2 aromatic rings. The second-order valence-electron chi connectivity index (χ2n) is 8.70. The molecular formula is C23H23F4NO5S. The van der Waals surface area contributed by atoms with E-state index in [2.05, 4.69) is 5.32 Å². The number of ether oxygens (including phenoxy) is 1. The molecule has 184 valence electrons. The Morgan fingerprint density at radius 3 is 2.41 bits per heavy atom. The first-order chi connectivity index (χ1) is 15.9. The van der Waals surface area contributed by atoms with Gasteiger partial charge >= 0.3 is 12.1 Å². The second-order valence-corrected chi connectivity index (χ2v) is 11.0. The van der Waals surface area contributed by atoms with Gasteiger partial charge in [-0.3, -0.25) is 0 Å². The lowest BCUT2D eigenvalue weighted by atomic mass is 9.97. The van der Waals surface area contributed by atoms with Crippen molar-refractivity contribution in [2.45, 2.75) is 47.4 Å². The van der Waals surface area contributed by atoms with Crippen molar-refractivity contribution in [3.63, 3.8) is 0 Å². The fraction of sp³-hybridized carbons (Fsp3) is 0.435. The summed E-state index contributed by atoms with van der Waals surface area (Å²) >= 11 is 0. The highest BCUT2D eigenvalue weighted by Crippen LogP contribution is 2.46. The molecule has 34 heavy (non-hydrogen) atoms. The van der Waals surface area contributed by atoms with Crippen molar-refractivity contribution in [1.29, 1.82) is 0 Å². The number of hydrogen-bond donors (Lipinski definition) is 2. The molecule has 0 aromatic heterocycles. The van der Waals surface area contributed by atoms with Crippen LogP contribution in [0.15, 0.2) is 41.3 Å². The number of benzene rings is 2. The molecule has 0 amide bonds. The molecule has 1 saturated heterocycles. The van der Waals surface area contributed by atoms with E-state index in [1.807, 2.05) is 0 Å². The van der Waals surface area contributed by atoms with Gasteiger partial charge in [-0.2, -0.15) is 13.2 Å². The third kappa shape index (κ3) is 4.63. The molecule has 2 aromatic carbocycles. The van der Waals surface area contributed by atoms with E-state index in [1.54, 1.807) is 0 Å². The van der Waals surface area contributed by atoms with Gasteiger partial charge in [-0.25, -0.2) is 17.6 Å². The molecule has 0 spiro atoms. The lowest BCUT2D eigenvalue weighted by Gasteiger charge is -2.37. The van der Waals surface area contributed by atoms with Gasteiger partial charge in [0, 0.05) is 6.07 Å². The van der Waals surface area contributed by atoms with Crippen LogP contribution in [-0.2, 0) is 16.0 Å². The first kappa shape index (κ1) is 24.5. The summed E-state index contributed by atoms with van der Waals surface area (Å²) in [7, 11) is -4.28. The number of carboxylic acids is 1. The zero-order valence-corrected chi connectivity index (χ0v) is 18.8. The predicted molar refractivity (Wildman–Crippen MR) is 114 cm³/mol.